The van der Waals surface area contributed by atoms with Crippen molar-refractivity contribution in [3.63, 3.8) is 0 Å². The van der Waals surface area contributed by atoms with Crippen LogP contribution in [-0.2, 0) is 9.47 Å². The van der Waals surface area contributed by atoms with E-state index in [1.807, 2.05) is 39.0 Å². The van der Waals surface area contributed by atoms with Gasteiger partial charge in [-0.2, -0.15) is 0 Å². The van der Waals surface area contributed by atoms with Crippen LogP contribution >= 0.6 is 0 Å². The standard InChI is InChI=1S/C20H29N3O4/c1-20(2,3)27-19(24)23-17-6-5-16(25-4)11-15(17)12-22-18(23)26-13-14-7-9-21-10-8-14/h5-6,11-12,14,18,21H,7-10,13H2,1-4H3. The molecule has 0 aliphatic carbocycles. The highest BCUT2D eigenvalue weighted by Gasteiger charge is 2.34. The summed E-state index contributed by atoms with van der Waals surface area (Å²) >= 11 is 0. The van der Waals surface area contributed by atoms with E-state index in [1.165, 1.54) is 4.90 Å². The smallest absolute Gasteiger partial charge is 0.418 e. The summed E-state index contributed by atoms with van der Waals surface area (Å²) in [5, 5.41) is 3.35. The summed E-state index contributed by atoms with van der Waals surface area (Å²) in [6.07, 6.45) is 2.66. The van der Waals surface area contributed by atoms with Crippen molar-refractivity contribution in [2.24, 2.45) is 10.9 Å². The maximum atomic E-state index is 12.9. The number of hydrogen-bond acceptors (Lipinski definition) is 6. The van der Waals surface area contributed by atoms with Gasteiger partial charge < -0.3 is 19.5 Å². The van der Waals surface area contributed by atoms with Crippen molar-refractivity contribution in [3.8, 4) is 5.75 Å². The van der Waals surface area contributed by atoms with E-state index in [4.69, 9.17) is 14.2 Å². The lowest BCUT2D eigenvalue weighted by Gasteiger charge is -2.35. The molecule has 2 aliphatic rings. The number of carbonyl (C=O) groups is 1. The van der Waals surface area contributed by atoms with Crippen molar-refractivity contribution in [1.82, 2.24) is 5.32 Å². The average Bonchev–Trinajstić information content (AvgIpc) is 2.64. The van der Waals surface area contributed by atoms with Crippen LogP contribution in [0.3, 0.4) is 0 Å². The molecule has 1 amide bonds. The van der Waals surface area contributed by atoms with Gasteiger partial charge in [0.25, 0.3) is 0 Å². The first-order chi connectivity index (χ1) is 12.9. The molecule has 148 valence electrons. The molecule has 1 fully saturated rings. The zero-order valence-corrected chi connectivity index (χ0v) is 16.5. The van der Waals surface area contributed by atoms with Gasteiger partial charge in [-0.25, -0.2) is 14.7 Å². The molecular formula is C20H29N3O4. The number of hydrogen-bond donors (Lipinski definition) is 1. The second-order valence-electron chi connectivity index (χ2n) is 7.91. The average molecular weight is 375 g/mol. The number of nitrogens with zero attached hydrogens (tertiary/aromatic N) is 2. The maximum Gasteiger partial charge on any atom is 0.418 e. The van der Waals surface area contributed by atoms with Gasteiger partial charge in [-0.05, 0) is 70.8 Å². The summed E-state index contributed by atoms with van der Waals surface area (Å²) < 4.78 is 16.9. The van der Waals surface area contributed by atoms with Gasteiger partial charge in [0.2, 0.25) is 6.35 Å². The molecule has 1 aromatic carbocycles. The van der Waals surface area contributed by atoms with E-state index in [1.54, 1.807) is 13.3 Å². The highest BCUT2D eigenvalue weighted by atomic mass is 16.6. The highest BCUT2D eigenvalue weighted by molar-refractivity contribution is 5.99. The zero-order chi connectivity index (χ0) is 19.4. The summed E-state index contributed by atoms with van der Waals surface area (Å²) in [5.41, 5.74) is 0.891. The quantitative estimate of drug-likeness (QED) is 0.875. The Kier molecular flexibility index (Phi) is 6.01. The maximum absolute atomic E-state index is 12.9. The van der Waals surface area contributed by atoms with Crippen molar-refractivity contribution in [3.05, 3.63) is 23.8 Å². The minimum atomic E-state index is -0.726. The van der Waals surface area contributed by atoms with Crippen LogP contribution in [0.5, 0.6) is 5.75 Å². The molecule has 0 spiro atoms. The molecule has 1 unspecified atom stereocenters. The van der Waals surface area contributed by atoms with Gasteiger partial charge in [-0.15, -0.1) is 0 Å². The fraction of sp³-hybridized carbons (Fsp3) is 0.600. The SMILES string of the molecule is COc1ccc2c(c1)C=NC(OCC1CCNCC1)N2C(=O)OC(C)(C)C. The van der Waals surface area contributed by atoms with E-state index in [2.05, 4.69) is 10.3 Å². The highest BCUT2D eigenvalue weighted by Crippen LogP contribution is 2.31. The number of amides is 1. The van der Waals surface area contributed by atoms with Gasteiger partial charge in [0.1, 0.15) is 11.4 Å². The number of rotatable bonds is 4. The number of ether oxygens (including phenoxy) is 3. The molecule has 1 atom stereocenters. The number of fused-ring (bicyclic) bond motifs is 1. The Bertz CT molecular complexity index is 693. The lowest BCUT2D eigenvalue weighted by Crippen LogP contribution is -2.46. The second kappa shape index (κ2) is 8.27. The van der Waals surface area contributed by atoms with Crippen molar-refractivity contribution < 1.29 is 19.0 Å². The van der Waals surface area contributed by atoms with E-state index in [0.717, 1.165) is 31.5 Å². The summed E-state index contributed by atoms with van der Waals surface area (Å²) in [4.78, 5) is 18.9. The number of aliphatic imine (C=N–C) groups is 1. The molecule has 1 aromatic rings. The Morgan fingerprint density at radius 1 is 1.30 bits per heavy atom. The molecule has 2 aliphatic heterocycles. The van der Waals surface area contributed by atoms with Crippen LogP contribution in [0.2, 0.25) is 0 Å². The van der Waals surface area contributed by atoms with Gasteiger partial charge in [0, 0.05) is 11.8 Å². The predicted molar refractivity (Wildman–Crippen MR) is 105 cm³/mol. The van der Waals surface area contributed by atoms with E-state index in [9.17, 15) is 4.79 Å². The lowest BCUT2D eigenvalue weighted by molar-refractivity contribution is 0.0105. The van der Waals surface area contributed by atoms with E-state index >= 15 is 0 Å². The van der Waals surface area contributed by atoms with Crippen molar-refractivity contribution in [2.75, 3.05) is 31.7 Å². The number of piperidine rings is 1. The number of carbonyl (C=O) groups excluding carboxylic acids is 1. The molecule has 0 radical (unpaired) electrons. The van der Waals surface area contributed by atoms with Crippen LogP contribution in [0.1, 0.15) is 39.2 Å². The largest absolute Gasteiger partial charge is 0.497 e. The Morgan fingerprint density at radius 2 is 2.04 bits per heavy atom. The molecule has 7 nitrogen and oxygen atoms in total. The number of methoxy groups -OCH3 is 1. The minimum Gasteiger partial charge on any atom is -0.497 e. The van der Waals surface area contributed by atoms with Gasteiger partial charge in [0.15, 0.2) is 0 Å². The molecular weight excluding hydrogens is 346 g/mol. The van der Waals surface area contributed by atoms with Gasteiger partial charge >= 0.3 is 6.09 Å². The Labute approximate surface area is 160 Å². The van der Waals surface area contributed by atoms with Gasteiger partial charge in [0.05, 0.1) is 19.4 Å². The minimum absolute atomic E-state index is 0.471. The van der Waals surface area contributed by atoms with E-state index in [0.29, 0.717) is 24.0 Å². The summed E-state index contributed by atoms with van der Waals surface area (Å²) in [7, 11) is 1.61. The predicted octanol–water partition coefficient (Wildman–Crippen LogP) is 3.17. The molecule has 0 saturated carbocycles. The zero-order valence-electron chi connectivity index (χ0n) is 16.5. The first-order valence-corrected chi connectivity index (χ1v) is 9.43. The molecule has 0 bridgehead atoms. The van der Waals surface area contributed by atoms with Crippen molar-refractivity contribution in [1.29, 1.82) is 0 Å². The fourth-order valence-electron chi connectivity index (χ4n) is 3.20. The molecule has 7 heteroatoms. The van der Waals surface area contributed by atoms with E-state index < -0.39 is 18.0 Å². The van der Waals surface area contributed by atoms with Gasteiger partial charge in [-0.1, -0.05) is 0 Å². The molecule has 2 heterocycles. The van der Waals surface area contributed by atoms with E-state index in [-0.39, 0.29) is 0 Å². The van der Waals surface area contributed by atoms with Crippen LogP contribution in [0.15, 0.2) is 23.2 Å². The second-order valence-corrected chi connectivity index (χ2v) is 7.91. The molecule has 27 heavy (non-hydrogen) atoms. The monoisotopic (exact) mass is 375 g/mol. The summed E-state index contributed by atoms with van der Waals surface area (Å²) in [6, 6.07) is 5.50. The van der Waals surface area contributed by atoms with Crippen LogP contribution in [0.25, 0.3) is 0 Å². The normalized spacial score (nSPS) is 20.3. The lowest BCUT2D eigenvalue weighted by atomic mass is 9.99. The third kappa shape index (κ3) is 4.99. The van der Waals surface area contributed by atoms with Crippen molar-refractivity contribution in [2.45, 2.75) is 45.6 Å². The molecule has 3 rings (SSSR count). The third-order valence-electron chi connectivity index (χ3n) is 4.59. The first kappa shape index (κ1) is 19.6. The molecule has 0 aromatic heterocycles. The number of anilines is 1. The third-order valence-corrected chi connectivity index (χ3v) is 4.59. The van der Waals surface area contributed by atoms with Crippen LogP contribution in [-0.4, -0.2) is 51.1 Å². The fourth-order valence-corrected chi connectivity index (χ4v) is 3.20. The molecule has 1 saturated heterocycles. The Morgan fingerprint density at radius 3 is 2.70 bits per heavy atom. The van der Waals surface area contributed by atoms with Crippen molar-refractivity contribution >= 4 is 18.0 Å². The summed E-state index contributed by atoms with van der Waals surface area (Å²) in [6.45, 7) is 8.10. The van der Waals surface area contributed by atoms with Crippen LogP contribution in [0, 0.1) is 5.92 Å². The van der Waals surface area contributed by atoms with Crippen LogP contribution in [0.4, 0.5) is 10.5 Å². The summed E-state index contributed by atoms with van der Waals surface area (Å²) in [5.74, 6) is 1.18. The molecule has 1 N–H and O–H groups in total. The topological polar surface area (TPSA) is 72.4 Å². The first-order valence-electron chi connectivity index (χ1n) is 9.43. The Hall–Kier alpha value is -2.12. The Balaban J connectivity index is 1.81. The van der Waals surface area contributed by atoms with Gasteiger partial charge in [-0.3, -0.25) is 0 Å². The number of nitrogens with one attached hydrogen (secondary N) is 1. The number of benzene rings is 1. The van der Waals surface area contributed by atoms with Crippen LogP contribution < -0.4 is 15.0 Å².